The molecule has 27 heavy (non-hydrogen) atoms. The Labute approximate surface area is 158 Å². The minimum absolute atomic E-state index is 0.0839. The van der Waals surface area contributed by atoms with Gasteiger partial charge in [0, 0.05) is 49.7 Å². The van der Waals surface area contributed by atoms with Crippen LogP contribution in [0, 0.1) is 10.1 Å². The Morgan fingerprint density at radius 3 is 2.26 bits per heavy atom. The molecule has 0 saturated carbocycles. The highest BCUT2D eigenvalue weighted by molar-refractivity contribution is 5.90. The number of hydrogen-bond acceptors (Lipinski definition) is 4. The molecule has 0 aromatic heterocycles. The molecule has 1 aliphatic heterocycles. The minimum Gasteiger partial charge on any atom is -0.368 e. The summed E-state index contributed by atoms with van der Waals surface area (Å²) in [5.74, 6) is 0.334. The van der Waals surface area contributed by atoms with E-state index in [9.17, 15) is 14.9 Å². The predicted molar refractivity (Wildman–Crippen MR) is 106 cm³/mol. The average Bonchev–Trinajstić information content (AvgIpc) is 2.68. The summed E-state index contributed by atoms with van der Waals surface area (Å²) in [5.41, 5.74) is 3.00. The lowest BCUT2D eigenvalue weighted by atomic mass is 10.0. The standard InChI is InChI=1S/C20H24N4O3/c1-15(2)18-5-3-4-6-19(18)21-20(25)23-13-11-22(12-14-23)16-7-9-17(10-8-16)24(26)27/h3-10,15H,11-14H2,1-2H3,(H,21,25). The van der Waals surface area contributed by atoms with Gasteiger partial charge in [0.25, 0.3) is 5.69 Å². The van der Waals surface area contributed by atoms with E-state index in [1.807, 2.05) is 24.3 Å². The first kappa shape index (κ1) is 18.7. The second kappa shape index (κ2) is 8.07. The topological polar surface area (TPSA) is 78.7 Å². The second-order valence-electron chi connectivity index (χ2n) is 6.92. The van der Waals surface area contributed by atoms with Crippen LogP contribution >= 0.6 is 0 Å². The first-order valence-corrected chi connectivity index (χ1v) is 9.10. The number of carbonyl (C=O) groups excluding carboxylic acids is 1. The van der Waals surface area contributed by atoms with Crippen LogP contribution in [-0.4, -0.2) is 42.0 Å². The van der Waals surface area contributed by atoms with Crippen LogP contribution in [-0.2, 0) is 0 Å². The molecular formula is C20H24N4O3. The van der Waals surface area contributed by atoms with Crippen LogP contribution in [0.4, 0.5) is 21.9 Å². The van der Waals surface area contributed by atoms with Crippen LogP contribution in [0.1, 0.15) is 25.3 Å². The maximum absolute atomic E-state index is 12.6. The molecule has 7 nitrogen and oxygen atoms in total. The molecule has 2 aromatic rings. The quantitative estimate of drug-likeness (QED) is 0.652. The fourth-order valence-electron chi connectivity index (χ4n) is 3.26. The minimum atomic E-state index is -0.402. The van der Waals surface area contributed by atoms with Gasteiger partial charge in [-0.15, -0.1) is 0 Å². The maximum atomic E-state index is 12.6. The summed E-state index contributed by atoms with van der Waals surface area (Å²) in [6.07, 6.45) is 0. The molecule has 142 valence electrons. The van der Waals surface area contributed by atoms with Crippen LogP contribution < -0.4 is 10.2 Å². The number of benzene rings is 2. The van der Waals surface area contributed by atoms with E-state index in [1.54, 1.807) is 17.0 Å². The molecule has 0 atom stereocenters. The molecule has 1 saturated heterocycles. The van der Waals surface area contributed by atoms with E-state index in [4.69, 9.17) is 0 Å². The summed E-state index contributed by atoms with van der Waals surface area (Å²) in [5, 5.41) is 13.8. The Morgan fingerprint density at radius 2 is 1.67 bits per heavy atom. The van der Waals surface area contributed by atoms with Gasteiger partial charge in [-0.25, -0.2) is 4.79 Å². The van der Waals surface area contributed by atoms with Crippen molar-refractivity contribution >= 4 is 23.1 Å². The van der Waals surface area contributed by atoms with Crippen molar-refractivity contribution < 1.29 is 9.72 Å². The van der Waals surface area contributed by atoms with Crippen LogP contribution in [0.5, 0.6) is 0 Å². The molecule has 2 amide bonds. The number of urea groups is 1. The third-order valence-electron chi connectivity index (χ3n) is 4.82. The first-order chi connectivity index (χ1) is 13.0. The monoisotopic (exact) mass is 368 g/mol. The summed E-state index contributed by atoms with van der Waals surface area (Å²) >= 11 is 0. The van der Waals surface area contributed by atoms with Crippen molar-refractivity contribution in [2.75, 3.05) is 36.4 Å². The number of non-ortho nitro benzene ring substituents is 1. The van der Waals surface area contributed by atoms with E-state index in [2.05, 4.69) is 24.1 Å². The molecule has 1 aliphatic rings. The predicted octanol–water partition coefficient (Wildman–Crippen LogP) is 4.07. The normalized spacial score (nSPS) is 14.3. The van der Waals surface area contributed by atoms with Gasteiger partial charge in [-0.2, -0.15) is 0 Å². The summed E-state index contributed by atoms with van der Waals surface area (Å²) in [6.45, 7) is 6.80. The van der Waals surface area contributed by atoms with Crippen molar-refractivity contribution in [3.8, 4) is 0 Å². The lowest BCUT2D eigenvalue weighted by Crippen LogP contribution is -2.50. The first-order valence-electron chi connectivity index (χ1n) is 9.10. The van der Waals surface area contributed by atoms with Gasteiger partial charge in [-0.05, 0) is 29.7 Å². The van der Waals surface area contributed by atoms with E-state index in [0.29, 0.717) is 32.1 Å². The van der Waals surface area contributed by atoms with E-state index in [-0.39, 0.29) is 11.7 Å². The fourth-order valence-corrected chi connectivity index (χ4v) is 3.26. The molecule has 0 spiro atoms. The van der Waals surface area contributed by atoms with Gasteiger partial charge in [0.1, 0.15) is 0 Å². The van der Waals surface area contributed by atoms with Gasteiger partial charge in [0.05, 0.1) is 4.92 Å². The SMILES string of the molecule is CC(C)c1ccccc1NC(=O)N1CCN(c2ccc([N+](=O)[O-])cc2)CC1. The van der Waals surface area contributed by atoms with Crippen molar-refractivity contribution in [3.05, 3.63) is 64.2 Å². The Hall–Kier alpha value is -3.09. The summed E-state index contributed by atoms with van der Waals surface area (Å²) < 4.78 is 0. The average molecular weight is 368 g/mol. The number of hydrogen-bond donors (Lipinski definition) is 1. The van der Waals surface area contributed by atoms with E-state index in [1.165, 1.54) is 12.1 Å². The highest BCUT2D eigenvalue weighted by Gasteiger charge is 2.22. The van der Waals surface area contributed by atoms with E-state index >= 15 is 0 Å². The number of para-hydroxylation sites is 1. The zero-order valence-electron chi connectivity index (χ0n) is 15.6. The summed E-state index contributed by atoms with van der Waals surface area (Å²) in [7, 11) is 0. The lowest BCUT2D eigenvalue weighted by Gasteiger charge is -2.36. The molecular weight excluding hydrogens is 344 g/mol. The van der Waals surface area contributed by atoms with Crippen molar-refractivity contribution in [1.29, 1.82) is 0 Å². The fraction of sp³-hybridized carbons (Fsp3) is 0.350. The third-order valence-corrected chi connectivity index (χ3v) is 4.82. The van der Waals surface area contributed by atoms with Gasteiger partial charge < -0.3 is 15.1 Å². The second-order valence-corrected chi connectivity index (χ2v) is 6.92. The van der Waals surface area contributed by atoms with Gasteiger partial charge in [0.2, 0.25) is 0 Å². The third kappa shape index (κ3) is 4.36. The molecule has 0 radical (unpaired) electrons. The largest absolute Gasteiger partial charge is 0.368 e. The highest BCUT2D eigenvalue weighted by atomic mass is 16.6. The number of nitrogens with zero attached hydrogens (tertiary/aromatic N) is 3. The van der Waals surface area contributed by atoms with Gasteiger partial charge in [-0.3, -0.25) is 10.1 Å². The number of amides is 2. The van der Waals surface area contributed by atoms with Crippen LogP contribution in [0.2, 0.25) is 0 Å². The van der Waals surface area contributed by atoms with Crippen molar-refractivity contribution in [1.82, 2.24) is 4.90 Å². The van der Waals surface area contributed by atoms with Gasteiger partial charge in [0.15, 0.2) is 0 Å². The number of carbonyl (C=O) groups is 1. The summed E-state index contributed by atoms with van der Waals surface area (Å²) in [4.78, 5) is 26.9. The molecule has 0 unspecified atom stereocenters. The van der Waals surface area contributed by atoms with E-state index in [0.717, 1.165) is 16.9 Å². The lowest BCUT2D eigenvalue weighted by molar-refractivity contribution is -0.384. The van der Waals surface area contributed by atoms with Crippen molar-refractivity contribution in [3.63, 3.8) is 0 Å². The van der Waals surface area contributed by atoms with Crippen LogP contribution in [0.15, 0.2) is 48.5 Å². The highest BCUT2D eigenvalue weighted by Crippen LogP contribution is 2.25. The number of rotatable bonds is 4. The Morgan fingerprint density at radius 1 is 1.04 bits per heavy atom. The molecule has 0 bridgehead atoms. The zero-order valence-corrected chi connectivity index (χ0v) is 15.6. The molecule has 1 fully saturated rings. The number of anilines is 2. The number of piperazine rings is 1. The molecule has 2 aromatic carbocycles. The van der Waals surface area contributed by atoms with Crippen molar-refractivity contribution in [2.24, 2.45) is 0 Å². The Kier molecular flexibility index (Phi) is 5.59. The molecule has 3 rings (SSSR count). The number of nitro groups is 1. The van der Waals surface area contributed by atoms with Gasteiger partial charge >= 0.3 is 6.03 Å². The zero-order chi connectivity index (χ0) is 19.4. The number of nitro benzene ring substituents is 1. The molecule has 7 heteroatoms. The summed E-state index contributed by atoms with van der Waals surface area (Å²) in [6, 6.07) is 14.3. The maximum Gasteiger partial charge on any atom is 0.321 e. The Balaban J connectivity index is 1.59. The molecule has 1 heterocycles. The van der Waals surface area contributed by atoms with E-state index < -0.39 is 4.92 Å². The van der Waals surface area contributed by atoms with Gasteiger partial charge in [-0.1, -0.05) is 32.0 Å². The van der Waals surface area contributed by atoms with Crippen LogP contribution in [0.3, 0.4) is 0 Å². The Bertz CT molecular complexity index is 812. The molecule has 1 N–H and O–H groups in total. The smallest absolute Gasteiger partial charge is 0.321 e. The van der Waals surface area contributed by atoms with Crippen molar-refractivity contribution in [2.45, 2.75) is 19.8 Å². The molecule has 0 aliphatic carbocycles. The number of nitrogens with one attached hydrogen (secondary N) is 1. The van der Waals surface area contributed by atoms with Crippen LogP contribution in [0.25, 0.3) is 0 Å².